The average molecular weight is 474 g/mol. The molecule has 1 fully saturated rings. The Balaban J connectivity index is 1.82. The summed E-state index contributed by atoms with van der Waals surface area (Å²) in [5, 5.41) is 11.8. The number of anilines is 1. The van der Waals surface area contributed by atoms with Crippen LogP contribution >= 0.6 is 0 Å². The normalized spacial score (nSPS) is 16.2. The minimum atomic E-state index is -0.577. The van der Waals surface area contributed by atoms with Crippen molar-refractivity contribution in [2.24, 2.45) is 5.92 Å². The van der Waals surface area contributed by atoms with Gasteiger partial charge in [0, 0.05) is 38.3 Å². The van der Waals surface area contributed by atoms with Gasteiger partial charge in [0.1, 0.15) is 28.6 Å². The largest absolute Gasteiger partial charge is 0.457 e. The summed E-state index contributed by atoms with van der Waals surface area (Å²) < 4.78 is 24.6. The van der Waals surface area contributed by atoms with Crippen LogP contribution < -0.4 is 9.64 Å². The van der Waals surface area contributed by atoms with E-state index in [9.17, 15) is 19.3 Å². The highest BCUT2D eigenvalue weighted by Gasteiger charge is 2.30. The molecule has 0 radical (unpaired) electrons. The molecule has 1 saturated heterocycles. The molecule has 9 heteroatoms. The highest BCUT2D eigenvalue weighted by atomic mass is 19.1. The third-order valence-electron chi connectivity index (χ3n) is 5.67. The number of nitro groups is 1. The zero-order valence-corrected chi connectivity index (χ0v) is 20.3. The van der Waals surface area contributed by atoms with Crippen LogP contribution in [0.15, 0.2) is 36.4 Å². The number of carbonyl (C=O) groups excluding carboxylic acids is 1. The molecule has 0 aliphatic carbocycles. The van der Waals surface area contributed by atoms with E-state index in [4.69, 9.17) is 9.47 Å². The molecule has 184 valence electrons. The molecule has 0 aromatic heterocycles. The summed E-state index contributed by atoms with van der Waals surface area (Å²) in [4.78, 5) is 27.4. The Labute approximate surface area is 199 Å². The number of nitrogens with zero attached hydrogens (tertiary/aromatic N) is 3. The van der Waals surface area contributed by atoms with E-state index < -0.39 is 5.60 Å². The molecule has 8 nitrogen and oxygen atoms in total. The third-order valence-corrected chi connectivity index (χ3v) is 5.67. The number of benzene rings is 2. The number of hydrogen-bond donors (Lipinski definition) is 0. The van der Waals surface area contributed by atoms with E-state index in [0.29, 0.717) is 42.4 Å². The van der Waals surface area contributed by atoms with Gasteiger partial charge >= 0.3 is 6.09 Å². The lowest BCUT2D eigenvalue weighted by atomic mass is 9.96. The highest BCUT2D eigenvalue weighted by molar-refractivity contribution is 5.72. The van der Waals surface area contributed by atoms with Crippen molar-refractivity contribution in [2.45, 2.75) is 46.1 Å². The molecule has 34 heavy (non-hydrogen) atoms. The topological polar surface area (TPSA) is 85.2 Å². The van der Waals surface area contributed by atoms with E-state index in [2.05, 4.69) is 0 Å². The number of ether oxygens (including phenoxy) is 2. The van der Waals surface area contributed by atoms with Gasteiger partial charge in [0.05, 0.1) is 4.92 Å². The van der Waals surface area contributed by atoms with E-state index >= 15 is 0 Å². The lowest BCUT2D eigenvalue weighted by molar-refractivity contribution is -0.384. The summed E-state index contributed by atoms with van der Waals surface area (Å²) in [6, 6.07) is 8.63. The predicted octanol–water partition coefficient (Wildman–Crippen LogP) is 5.92. The van der Waals surface area contributed by atoms with Crippen molar-refractivity contribution in [3.8, 4) is 11.5 Å². The highest BCUT2D eigenvalue weighted by Crippen LogP contribution is 2.40. The maximum absolute atomic E-state index is 13.2. The molecule has 3 rings (SSSR count). The summed E-state index contributed by atoms with van der Waals surface area (Å²) in [5.74, 6) is 0.677. The maximum atomic E-state index is 13.2. The standard InChI is InChI=1S/C25H32FN3O5/c1-17-22(33-20-10-8-19(26)9-11-20)13-12-21(29(31)32)23(17)28-14-6-7-18(16-28)15-27(5)24(30)34-25(2,3)4/h8-13,18H,6-7,14-16H2,1-5H3/t18-/m0/s1. The first-order valence-electron chi connectivity index (χ1n) is 11.3. The van der Waals surface area contributed by atoms with Crippen LogP contribution in [-0.4, -0.2) is 48.2 Å². The monoisotopic (exact) mass is 473 g/mol. The fourth-order valence-corrected chi connectivity index (χ4v) is 4.17. The lowest BCUT2D eigenvalue weighted by Crippen LogP contribution is -2.43. The molecular formula is C25H32FN3O5. The van der Waals surface area contributed by atoms with Crippen LogP contribution in [0.2, 0.25) is 0 Å². The van der Waals surface area contributed by atoms with Crippen LogP contribution in [0.4, 0.5) is 20.6 Å². The van der Waals surface area contributed by atoms with Crippen LogP contribution in [-0.2, 0) is 4.74 Å². The molecule has 0 N–H and O–H groups in total. The molecule has 2 aromatic rings. The van der Waals surface area contributed by atoms with E-state index in [1.165, 1.54) is 30.3 Å². The van der Waals surface area contributed by atoms with Crippen molar-refractivity contribution in [2.75, 3.05) is 31.6 Å². The maximum Gasteiger partial charge on any atom is 0.410 e. The molecule has 1 aliphatic rings. The first-order chi connectivity index (χ1) is 15.9. The van der Waals surface area contributed by atoms with E-state index in [-0.39, 0.29) is 28.4 Å². The van der Waals surface area contributed by atoms with Gasteiger partial charge < -0.3 is 19.3 Å². The molecule has 0 saturated carbocycles. The fraction of sp³-hybridized carbons (Fsp3) is 0.480. The molecule has 1 amide bonds. The molecule has 0 unspecified atom stereocenters. The third kappa shape index (κ3) is 6.36. The van der Waals surface area contributed by atoms with Gasteiger partial charge in [-0.05, 0) is 76.8 Å². The number of hydrogen-bond acceptors (Lipinski definition) is 6. The second-order valence-corrected chi connectivity index (χ2v) is 9.68. The SMILES string of the molecule is Cc1c(Oc2ccc(F)cc2)ccc([N+](=O)[O-])c1N1CCC[C@@H](CN(C)C(=O)OC(C)(C)C)C1. The van der Waals surface area contributed by atoms with Gasteiger partial charge in [0.15, 0.2) is 0 Å². The number of amides is 1. The average Bonchev–Trinajstić information content (AvgIpc) is 2.75. The van der Waals surface area contributed by atoms with Gasteiger partial charge in [-0.1, -0.05) is 0 Å². The van der Waals surface area contributed by atoms with Crippen molar-refractivity contribution >= 4 is 17.5 Å². The summed E-state index contributed by atoms with van der Waals surface area (Å²) >= 11 is 0. The first-order valence-corrected chi connectivity index (χ1v) is 11.3. The van der Waals surface area contributed by atoms with Crippen molar-refractivity contribution < 1.29 is 23.6 Å². The number of nitro benzene ring substituents is 1. The lowest BCUT2D eigenvalue weighted by Gasteiger charge is -2.37. The Morgan fingerprint density at radius 1 is 1.24 bits per heavy atom. The van der Waals surface area contributed by atoms with Gasteiger partial charge in [0.2, 0.25) is 0 Å². The molecule has 1 atom stereocenters. The quantitative estimate of drug-likeness (QED) is 0.383. The van der Waals surface area contributed by atoms with Gasteiger partial charge in [-0.15, -0.1) is 0 Å². The molecule has 2 aromatic carbocycles. The summed E-state index contributed by atoms with van der Waals surface area (Å²) in [6.07, 6.45) is 1.36. The van der Waals surface area contributed by atoms with Gasteiger partial charge in [0.25, 0.3) is 5.69 Å². The Hall–Kier alpha value is -3.36. The number of piperidine rings is 1. The molecule has 0 bridgehead atoms. The zero-order valence-electron chi connectivity index (χ0n) is 20.3. The molecule has 0 spiro atoms. The second-order valence-electron chi connectivity index (χ2n) is 9.68. The van der Waals surface area contributed by atoms with E-state index in [0.717, 1.165) is 12.8 Å². The Morgan fingerprint density at radius 3 is 2.53 bits per heavy atom. The van der Waals surface area contributed by atoms with Crippen molar-refractivity contribution in [3.05, 3.63) is 57.9 Å². The van der Waals surface area contributed by atoms with Gasteiger partial charge in [-0.3, -0.25) is 10.1 Å². The van der Waals surface area contributed by atoms with Gasteiger partial charge in [-0.2, -0.15) is 0 Å². The smallest absolute Gasteiger partial charge is 0.410 e. The predicted molar refractivity (Wildman–Crippen MR) is 128 cm³/mol. The summed E-state index contributed by atoms with van der Waals surface area (Å²) in [5.41, 5.74) is 0.575. The van der Waals surface area contributed by atoms with Crippen LogP contribution in [0, 0.1) is 28.8 Å². The van der Waals surface area contributed by atoms with Crippen LogP contribution in [0.5, 0.6) is 11.5 Å². The number of halogens is 1. The molecule has 1 heterocycles. The Bertz CT molecular complexity index is 1040. The summed E-state index contributed by atoms with van der Waals surface area (Å²) in [7, 11) is 1.71. The van der Waals surface area contributed by atoms with Crippen LogP contribution in [0.3, 0.4) is 0 Å². The van der Waals surface area contributed by atoms with Crippen molar-refractivity contribution in [1.29, 1.82) is 0 Å². The minimum Gasteiger partial charge on any atom is -0.457 e. The second kappa shape index (κ2) is 10.3. The molecular weight excluding hydrogens is 441 g/mol. The molecule has 1 aliphatic heterocycles. The Kier molecular flexibility index (Phi) is 7.64. The zero-order chi connectivity index (χ0) is 25.0. The first kappa shape index (κ1) is 25.3. The van der Waals surface area contributed by atoms with Gasteiger partial charge in [-0.25, -0.2) is 9.18 Å². The minimum absolute atomic E-state index is 0.00473. The van der Waals surface area contributed by atoms with Crippen molar-refractivity contribution in [3.63, 3.8) is 0 Å². The van der Waals surface area contributed by atoms with Crippen LogP contribution in [0.25, 0.3) is 0 Å². The fourth-order valence-electron chi connectivity index (χ4n) is 4.17. The number of carbonyl (C=O) groups is 1. The van der Waals surface area contributed by atoms with E-state index in [1.54, 1.807) is 24.9 Å². The van der Waals surface area contributed by atoms with Crippen molar-refractivity contribution in [1.82, 2.24) is 4.90 Å². The summed E-state index contributed by atoms with van der Waals surface area (Å²) in [6.45, 7) is 8.97. The Morgan fingerprint density at radius 2 is 1.91 bits per heavy atom. The number of rotatable bonds is 6. The van der Waals surface area contributed by atoms with E-state index in [1.807, 2.05) is 25.7 Å². The van der Waals surface area contributed by atoms with Crippen LogP contribution in [0.1, 0.15) is 39.2 Å².